The quantitative estimate of drug-likeness (QED) is 0.597. The second-order valence-electron chi connectivity index (χ2n) is 7.06. The Morgan fingerprint density at radius 2 is 1.97 bits per heavy atom. The van der Waals surface area contributed by atoms with Crippen LogP contribution in [0.4, 0.5) is 4.79 Å². The molecule has 0 spiro atoms. The molecule has 10 heteroatoms. The summed E-state index contributed by atoms with van der Waals surface area (Å²) in [6, 6.07) is 3.98. The smallest absolute Gasteiger partial charge is 0.328 e. The Labute approximate surface area is 185 Å². The number of carbonyl (C=O) groups excluding carboxylic acids is 2. The van der Waals surface area contributed by atoms with Crippen molar-refractivity contribution >= 4 is 23.8 Å². The third kappa shape index (κ3) is 5.07. The molecule has 3 rings (SSSR count). The fraction of sp³-hybridized carbons (Fsp3) is 0.476. The lowest BCUT2D eigenvalue weighted by molar-refractivity contribution is -0.142. The van der Waals surface area contributed by atoms with Crippen LogP contribution in [0, 0.1) is 0 Å². The van der Waals surface area contributed by atoms with Crippen molar-refractivity contribution < 1.29 is 23.8 Å². The van der Waals surface area contributed by atoms with Gasteiger partial charge in [0.15, 0.2) is 0 Å². The number of nitrogens with zero attached hydrogens (tertiary/aromatic N) is 2. The van der Waals surface area contributed by atoms with Gasteiger partial charge in [0.1, 0.15) is 23.6 Å². The predicted octanol–water partition coefficient (Wildman–Crippen LogP) is 2.38. The normalized spacial score (nSPS) is 16.3. The molecule has 0 saturated carbocycles. The molecule has 0 fully saturated rings. The van der Waals surface area contributed by atoms with E-state index < -0.39 is 18.1 Å². The Morgan fingerprint density at radius 3 is 2.58 bits per heavy atom. The highest BCUT2D eigenvalue weighted by Gasteiger charge is 2.36. The van der Waals surface area contributed by atoms with Crippen LogP contribution in [0.2, 0.25) is 0 Å². The first kappa shape index (κ1) is 22.8. The van der Waals surface area contributed by atoms with Gasteiger partial charge in [0, 0.05) is 24.7 Å². The van der Waals surface area contributed by atoms with Crippen molar-refractivity contribution in [3.8, 4) is 11.5 Å². The molecule has 0 aliphatic carbocycles. The number of esters is 1. The van der Waals surface area contributed by atoms with E-state index in [0.29, 0.717) is 30.9 Å². The summed E-state index contributed by atoms with van der Waals surface area (Å²) in [5.74, 6) is 1.49. The number of hydrogen-bond acceptors (Lipinski definition) is 7. The Bertz CT molecular complexity index is 897. The van der Waals surface area contributed by atoms with Crippen molar-refractivity contribution in [1.29, 1.82) is 0 Å². The van der Waals surface area contributed by atoms with Crippen LogP contribution in [0.25, 0.3) is 0 Å². The predicted molar refractivity (Wildman–Crippen MR) is 118 cm³/mol. The van der Waals surface area contributed by atoms with E-state index >= 15 is 0 Å². The Morgan fingerprint density at radius 1 is 1.26 bits per heavy atom. The Balaban J connectivity index is 1.95. The molecule has 2 aromatic rings. The van der Waals surface area contributed by atoms with Crippen molar-refractivity contribution in [2.45, 2.75) is 24.9 Å². The van der Waals surface area contributed by atoms with Gasteiger partial charge in [-0.1, -0.05) is 0 Å². The first-order chi connectivity index (χ1) is 15.0. The first-order valence-corrected chi connectivity index (χ1v) is 11.3. The van der Waals surface area contributed by atoms with Crippen molar-refractivity contribution in [2.24, 2.45) is 0 Å². The average molecular weight is 449 g/mol. The molecule has 0 radical (unpaired) electrons. The molecule has 2 heterocycles. The number of rotatable bonds is 8. The van der Waals surface area contributed by atoms with Gasteiger partial charge in [-0.25, -0.2) is 14.6 Å². The number of amides is 2. The lowest BCUT2D eigenvalue weighted by Crippen LogP contribution is -2.51. The molecule has 1 aromatic carbocycles. The topological polar surface area (TPSA) is 106 Å². The monoisotopic (exact) mass is 448 g/mol. The fourth-order valence-electron chi connectivity index (χ4n) is 3.68. The third-order valence-corrected chi connectivity index (χ3v) is 5.91. The summed E-state index contributed by atoms with van der Waals surface area (Å²) in [6.07, 6.45) is 4.70. The van der Waals surface area contributed by atoms with Crippen molar-refractivity contribution in [3.63, 3.8) is 0 Å². The number of carbonyl (C=O) groups is 2. The molecular weight excluding hydrogens is 420 g/mol. The van der Waals surface area contributed by atoms with Crippen LogP contribution < -0.4 is 14.8 Å². The van der Waals surface area contributed by atoms with E-state index in [-0.39, 0.29) is 6.03 Å². The van der Waals surface area contributed by atoms with Crippen LogP contribution in [0.5, 0.6) is 11.5 Å². The van der Waals surface area contributed by atoms with Gasteiger partial charge in [0.2, 0.25) is 0 Å². The summed E-state index contributed by atoms with van der Waals surface area (Å²) < 4.78 is 15.7. The maximum atomic E-state index is 13.3. The summed E-state index contributed by atoms with van der Waals surface area (Å²) in [5.41, 5.74) is 2.54. The first-order valence-electron chi connectivity index (χ1n) is 9.91. The SMILES string of the molecule is COC(=O)[C@H](CCSC)NC(=O)N1CCc2[nH]cnc2[C@H]1c1cc(OC)cc(OC)c1. The third-order valence-electron chi connectivity index (χ3n) is 5.27. The summed E-state index contributed by atoms with van der Waals surface area (Å²) in [4.78, 5) is 34.8. The van der Waals surface area contributed by atoms with Gasteiger partial charge >= 0.3 is 12.0 Å². The minimum Gasteiger partial charge on any atom is -0.497 e. The van der Waals surface area contributed by atoms with Crippen LogP contribution in [-0.4, -0.2) is 72.8 Å². The number of H-pyrrole nitrogens is 1. The van der Waals surface area contributed by atoms with Gasteiger partial charge in [-0.05, 0) is 36.1 Å². The molecule has 0 bridgehead atoms. The molecule has 0 saturated heterocycles. The van der Waals surface area contributed by atoms with E-state index in [1.54, 1.807) is 43.3 Å². The number of imidazole rings is 1. The number of benzene rings is 1. The molecule has 2 N–H and O–H groups in total. The molecule has 2 amide bonds. The van der Waals surface area contributed by atoms with Gasteiger partial charge < -0.3 is 29.4 Å². The van der Waals surface area contributed by atoms with Crippen LogP contribution in [0.3, 0.4) is 0 Å². The lowest BCUT2D eigenvalue weighted by Gasteiger charge is -2.36. The van der Waals surface area contributed by atoms with Crippen molar-refractivity contribution in [2.75, 3.05) is 39.9 Å². The minimum absolute atomic E-state index is 0.350. The van der Waals surface area contributed by atoms with E-state index in [1.807, 2.05) is 18.4 Å². The van der Waals surface area contributed by atoms with Crippen LogP contribution in [0.15, 0.2) is 24.5 Å². The molecule has 31 heavy (non-hydrogen) atoms. The molecule has 0 unspecified atom stereocenters. The highest BCUT2D eigenvalue weighted by Crippen LogP contribution is 2.37. The molecule has 1 aliphatic rings. The number of hydrogen-bond donors (Lipinski definition) is 2. The van der Waals surface area contributed by atoms with Gasteiger partial charge in [0.05, 0.1) is 33.4 Å². The summed E-state index contributed by atoms with van der Waals surface area (Å²) in [5, 5.41) is 2.85. The summed E-state index contributed by atoms with van der Waals surface area (Å²) in [7, 11) is 4.48. The number of ether oxygens (including phenoxy) is 3. The lowest BCUT2D eigenvalue weighted by atomic mass is 9.95. The number of urea groups is 1. The highest BCUT2D eigenvalue weighted by atomic mass is 32.2. The number of aromatic nitrogens is 2. The van der Waals surface area contributed by atoms with E-state index in [2.05, 4.69) is 15.3 Å². The molecule has 1 aliphatic heterocycles. The van der Waals surface area contributed by atoms with Crippen LogP contribution in [-0.2, 0) is 16.0 Å². The maximum absolute atomic E-state index is 13.3. The Hall–Kier alpha value is -2.88. The molecule has 2 atom stereocenters. The number of aromatic amines is 1. The van der Waals surface area contributed by atoms with Crippen molar-refractivity contribution in [1.82, 2.24) is 20.2 Å². The van der Waals surface area contributed by atoms with E-state index in [1.165, 1.54) is 7.11 Å². The number of thioether (sulfide) groups is 1. The van der Waals surface area contributed by atoms with Crippen LogP contribution >= 0.6 is 11.8 Å². The Kier molecular flexibility index (Phi) is 7.67. The molecule has 1 aromatic heterocycles. The largest absolute Gasteiger partial charge is 0.497 e. The van der Waals surface area contributed by atoms with E-state index in [0.717, 1.165) is 22.7 Å². The van der Waals surface area contributed by atoms with E-state index in [9.17, 15) is 9.59 Å². The van der Waals surface area contributed by atoms with E-state index in [4.69, 9.17) is 14.2 Å². The minimum atomic E-state index is -0.717. The number of methoxy groups -OCH3 is 3. The zero-order valence-corrected chi connectivity index (χ0v) is 19.0. The van der Waals surface area contributed by atoms with Gasteiger partial charge in [-0.2, -0.15) is 11.8 Å². The van der Waals surface area contributed by atoms with Gasteiger partial charge in [0.25, 0.3) is 0 Å². The summed E-state index contributed by atoms with van der Waals surface area (Å²) in [6.45, 7) is 0.460. The van der Waals surface area contributed by atoms with Crippen molar-refractivity contribution in [3.05, 3.63) is 41.5 Å². The van der Waals surface area contributed by atoms with Gasteiger partial charge in [-0.3, -0.25) is 0 Å². The molecular formula is C21H28N4O5S. The maximum Gasteiger partial charge on any atom is 0.328 e. The zero-order chi connectivity index (χ0) is 22.4. The standard InChI is InChI=1S/C21H28N4O5S/c1-28-14-9-13(10-15(11-14)29-2)19-18-16(22-12-23-18)5-7-25(19)21(27)24-17(6-8-31-4)20(26)30-3/h9-12,17,19H,5-8H2,1-4H3,(H,22,23)(H,24,27)/t17-,19+/m0/s1. The number of nitrogens with one attached hydrogen (secondary N) is 2. The zero-order valence-electron chi connectivity index (χ0n) is 18.1. The molecule has 9 nitrogen and oxygen atoms in total. The number of fused-ring (bicyclic) bond motifs is 1. The van der Waals surface area contributed by atoms with Crippen LogP contribution in [0.1, 0.15) is 29.4 Å². The second-order valence-corrected chi connectivity index (χ2v) is 8.05. The van der Waals surface area contributed by atoms with Gasteiger partial charge in [-0.15, -0.1) is 0 Å². The molecule has 168 valence electrons. The average Bonchev–Trinajstić information content (AvgIpc) is 3.28. The summed E-state index contributed by atoms with van der Waals surface area (Å²) >= 11 is 1.60. The highest BCUT2D eigenvalue weighted by molar-refractivity contribution is 7.98. The fourth-order valence-corrected chi connectivity index (χ4v) is 4.15. The second kappa shape index (κ2) is 10.4.